The highest BCUT2D eigenvalue weighted by atomic mass is 32.2. The number of carbonyl (C=O) groups excluding carboxylic acids is 2. The summed E-state index contributed by atoms with van der Waals surface area (Å²) in [4.78, 5) is 27.8. The van der Waals surface area contributed by atoms with Crippen LogP contribution in [0, 0.1) is 20.8 Å². The second kappa shape index (κ2) is 12.7. The third kappa shape index (κ3) is 8.09. The maximum absolute atomic E-state index is 13.4. The van der Waals surface area contributed by atoms with Crippen LogP contribution in [0.15, 0.2) is 42.5 Å². The number of anilines is 1. The molecule has 2 rings (SSSR count). The lowest BCUT2D eigenvalue weighted by atomic mass is 10.1. The number of benzene rings is 2. The molecule has 0 bridgehead atoms. The smallest absolute Gasteiger partial charge is 0.242 e. The van der Waals surface area contributed by atoms with Crippen LogP contribution in [0.1, 0.15) is 55.4 Å². The normalized spacial score (nSPS) is 12.2. The zero-order valence-electron chi connectivity index (χ0n) is 21.8. The van der Waals surface area contributed by atoms with Gasteiger partial charge in [0.05, 0.1) is 11.9 Å². The van der Waals surface area contributed by atoms with Gasteiger partial charge >= 0.3 is 0 Å². The molecule has 0 aliphatic carbocycles. The van der Waals surface area contributed by atoms with Crippen molar-refractivity contribution in [2.24, 2.45) is 0 Å². The Labute approximate surface area is 210 Å². The van der Waals surface area contributed by atoms with E-state index < -0.39 is 16.1 Å². The Hall–Kier alpha value is -2.87. The van der Waals surface area contributed by atoms with Gasteiger partial charge in [0, 0.05) is 26.1 Å². The van der Waals surface area contributed by atoms with Gasteiger partial charge in [0.15, 0.2) is 0 Å². The predicted molar refractivity (Wildman–Crippen MR) is 142 cm³/mol. The quantitative estimate of drug-likeness (QED) is 0.474. The Bertz CT molecular complexity index is 1110. The highest BCUT2D eigenvalue weighted by molar-refractivity contribution is 7.92. The highest BCUT2D eigenvalue weighted by Gasteiger charge is 2.29. The molecule has 7 nitrogen and oxygen atoms in total. The summed E-state index contributed by atoms with van der Waals surface area (Å²) in [6.45, 7) is 10.6. The van der Waals surface area contributed by atoms with Crippen LogP contribution in [0.3, 0.4) is 0 Å². The molecule has 0 aliphatic rings. The number of nitrogens with one attached hydrogen (secondary N) is 1. The molecule has 8 heteroatoms. The first-order valence-electron chi connectivity index (χ1n) is 12.2. The highest BCUT2D eigenvalue weighted by Crippen LogP contribution is 2.23. The fourth-order valence-electron chi connectivity index (χ4n) is 4.28. The van der Waals surface area contributed by atoms with Crippen molar-refractivity contribution in [1.29, 1.82) is 0 Å². The average Bonchev–Trinajstić information content (AvgIpc) is 2.76. The molecule has 1 unspecified atom stereocenters. The lowest BCUT2D eigenvalue weighted by Crippen LogP contribution is -2.49. The Balaban J connectivity index is 2.24. The minimum atomic E-state index is -3.52. The van der Waals surface area contributed by atoms with E-state index in [1.165, 1.54) is 10.6 Å². The molecule has 192 valence electrons. The monoisotopic (exact) mass is 501 g/mol. The summed E-state index contributed by atoms with van der Waals surface area (Å²) in [5.41, 5.74) is 4.58. The third-order valence-electron chi connectivity index (χ3n) is 5.99. The molecule has 0 aromatic heterocycles. The van der Waals surface area contributed by atoms with E-state index in [2.05, 4.69) is 5.32 Å². The van der Waals surface area contributed by atoms with Gasteiger partial charge in [-0.1, -0.05) is 37.3 Å². The summed E-state index contributed by atoms with van der Waals surface area (Å²) in [6, 6.07) is 12.9. The summed E-state index contributed by atoms with van der Waals surface area (Å²) in [5.74, 6) is -0.342. The minimum Gasteiger partial charge on any atom is -0.355 e. The Morgan fingerprint density at radius 3 is 2.17 bits per heavy atom. The molecule has 2 aromatic rings. The standard InChI is InChI=1S/C27H39N3O4S/c1-7-25(27(32)28-8-2)29(19-23-13-10-9-12-22(23)5)26(31)14-11-15-30(35(6,33)34)24-17-20(3)16-21(4)18-24/h9-10,12-13,16-18,25H,7-8,11,14-15,19H2,1-6H3,(H,28,32). The van der Waals surface area contributed by atoms with Crippen molar-refractivity contribution < 1.29 is 18.0 Å². The number of hydrogen-bond donors (Lipinski definition) is 1. The number of nitrogens with zero attached hydrogens (tertiary/aromatic N) is 2. The number of carbonyl (C=O) groups is 2. The van der Waals surface area contributed by atoms with Gasteiger partial charge in [-0.05, 0) is 74.9 Å². The molecule has 0 saturated carbocycles. The van der Waals surface area contributed by atoms with Gasteiger partial charge < -0.3 is 10.2 Å². The molecule has 2 amide bonds. The lowest BCUT2D eigenvalue weighted by Gasteiger charge is -2.31. The minimum absolute atomic E-state index is 0.138. The number of aryl methyl sites for hydroxylation is 3. The maximum Gasteiger partial charge on any atom is 0.242 e. The molecular weight excluding hydrogens is 462 g/mol. The molecule has 0 heterocycles. The van der Waals surface area contributed by atoms with Gasteiger partial charge in [-0.3, -0.25) is 13.9 Å². The molecule has 1 atom stereocenters. The molecule has 2 aromatic carbocycles. The molecule has 35 heavy (non-hydrogen) atoms. The molecule has 0 aliphatic heterocycles. The summed E-state index contributed by atoms with van der Waals surface area (Å²) < 4.78 is 26.4. The zero-order valence-corrected chi connectivity index (χ0v) is 22.6. The fraction of sp³-hybridized carbons (Fsp3) is 0.481. The van der Waals surface area contributed by atoms with Crippen molar-refractivity contribution in [1.82, 2.24) is 10.2 Å². The Kier molecular flexibility index (Phi) is 10.3. The SMILES string of the molecule is CCNC(=O)C(CC)N(Cc1ccccc1C)C(=O)CCCN(c1cc(C)cc(C)c1)S(C)(=O)=O. The van der Waals surface area contributed by atoms with Crippen LogP contribution in [0.4, 0.5) is 5.69 Å². The molecule has 0 radical (unpaired) electrons. The van der Waals surface area contributed by atoms with E-state index in [0.29, 0.717) is 31.6 Å². The molecular formula is C27H39N3O4S. The van der Waals surface area contributed by atoms with Crippen molar-refractivity contribution in [3.63, 3.8) is 0 Å². The zero-order chi connectivity index (χ0) is 26.2. The summed E-state index contributed by atoms with van der Waals surface area (Å²) >= 11 is 0. The molecule has 0 saturated heterocycles. The van der Waals surface area contributed by atoms with Gasteiger partial charge in [0.25, 0.3) is 0 Å². The van der Waals surface area contributed by atoms with E-state index >= 15 is 0 Å². The second-order valence-corrected chi connectivity index (χ2v) is 11.0. The Morgan fingerprint density at radius 1 is 1.00 bits per heavy atom. The summed E-state index contributed by atoms with van der Waals surface area (Å²) in [6.07, 6.45) is 2.15. The number of amides is 2. The van der Waals surface area contributed by atoms with Gasteiger partial charge in [-0.25, -0.2) is 8.42 Å². The first kappa shape index (κ1) is 28.4. The van der Waals surface area contributed by atoms with Gasteiger partial charge in [-0.2, -0.15) is 0 Å². The van der Waals surface area contributed by atoms with Crippen LogP contribution in [0.25, 0.3) is 0 Å². The van der Waals surface area contributed by atoms with E-state index in [9.17, 15) is 18.0 Å². The maximum atomic E-state index is 13.4. The van der Waals surface area contributed by atoms with E-state index in [4.69, 9.17) is 0 Å². The summed E-state index contributed by atoms with van der Waals surface area (Å²) in [5, 5.41) is 2.84. The topological polar surface area (TPSA) is 86.8 Å². The van der Waals surface area contributed by atoms with Crippen LogP contribution >= 0.6 is 0 Å². The summed E-state index contributed by atoms with van der Waals surface area (Å²) in [7, 11) is -3.52. The van der Waals surface area contributed by atoms with Crippen molar-refractivity contribution in [2.45, 2.75) is 66.5 Å². The van der Waals surface area contributed by atoms with Crippen molar-refractivity contribution >= 4 is 27.5 Å². The first-order chi connectivity index (χ1) is 16.5. The molecule has 0 spiro atoms. The second-order valence-electron chi connectivity index (χ2n) is 9.05. The molecule has 0 fully saturated rings. The van der Waals surface area contributed by atoms with Crippen molar-refractivity contribution in [2.75, 3.05) is 23.7 Å². The lowest BCUT2D eigenvalue weighted by molar-refractivity contribution is -0.141. The third-order valence-corrected chi connectivity index (χ3v) is 7.18. The van der Waals surface area contributed by atoms with Gasteiger partial charge in [0.2, 0.25) is 21.8 Å². The van der Waals surface area contributed by atoms with Crippen LogP contribution < -0.4 is 9.62 Å². The van der Waals surface area contributed by atoms with Crippen molar-refractivity contribution in [3.8, 4) is 0 Å². The van der Waals surface area contributed by atoms with Crippen LogP contribution in [-0.4, -0.2) is 50.5 Å². The largest absolute Gasteiger partial charge is 0.355 e. The Morgan fingerprint density at radius 2 is 1.63 bits per heavy atom. The predicted octanol–water partition coefficient (Wildman–Crippen LogP) is 4.10. The van der Waals surface area contributed by atoms with Crippen LogP contribution in [0.5, 0.6) is 0 Å². The number of rotatable bonds is 12. The average molecular weight is 502 g/mol. The molecule has 1 N–H and O–H groups in total. The van der Waals surface area contributed by atoms with E-state index in [1.54, 1.807) is 4.90 Å². The number of likely N-dealkylation sites (N-methyl/N-ethyl adjacent to an activating group) is 1. The van der Waals surface area contributed by atoms with Gasteiger partial charge in [-0.15, -0.1) is 0 Å². The van der Waals surface area contributed by atoms with Crippen LogP contribution in [-0.2, 0) is 26.2 Å². The fourth-order valence-corrected chi connectivity index (χ4v) is 5.23. The van der Waals surface area contributed by atoms with Crippen LogP contribution in [0.2, 0.25) is 0 Å². The number of sulfonamides is 1. The van der Waals surface area contributed by atoms with E-state index in [0.717, 1.165) is 22.3 Å². The van der Waals surface area contributed by atoms with Crippen molar-refractivity contribution in [3.05, 3.63) is 64.7 Å². The first-order valence-corrected chi connectivity index (χ1v) is 14.0. The van der Waals surface area contributed by atoms with E-state index in [1.807, 2.05) is 77.1 Å². The van der Waals surface area contributed by atoms with Gasteiger partial charge in [0.1, 0.15) is 6.04 Å². The van der Waals surface area contributed by atoms with E-state index in [-0.39, 0.29) is 24.8 Å². The number of hydrogen-bond acceptors (Lipinski definition) is 4.